The largest absolute Gasteiger partial charge is 0.442 e. The van der Waals surface area contributed by atoms with Crippen LogP contribution in [0.3, 0.4) is 0 Å². The average Bonchev–Trinajstić information content (AvgIpc) is 3.37. The van der Waals surface area contributed by atoms with Gasteiger partial charge in [-0.25, -0.2) is 4.98 Å². The highest BCUT2D eigenvalue weighted by atomic mass is 16.3. The lowest BCUT2D eigenvalue weighted by Gasteiger charge is -2.26. The number of anilines is 1. The summed E-state index contributed by atoms with van der Waals surface area (Å²) in [6, 6.07) is 8.70. The average molecular weight is 357 g/mol. The Balaban J connectivity index is 1.54. The minimum Gasteiger partial charge on any atom is -0.442 e. The van der Waals surface area contributed by atoms with E-state index in [0.29, 0.717) is 29.1 Å². The number of aromatic amines is 1. The van der Waals surface area contributed by atoms with E-state index in [-0.39, 0.29) is 0 Å². The maximum absolute atomic E-state index is 9.12. The number of H-pyrrole nitrogens is 1. The van der Waals surface area contributed by atoms with E-state index >= 15 is 0 Å². The predicted molar refractivity (Wildman–Crippen MR) is 99.8 cm³/mol. The van der Waals surface area contributed by atoms with Crippen LogP contribution in [0.15, 0.2) is 47.5 Å². The third-order valence-corrected chi connectivity index (χ3v) is 4.78. The van der Waals surface area contributed by atoms with Gasteiger partial charge in [0.2, 0.25) is 0 Å². The van der Waals surface area contributed by atoms with Gasteiger partial charge >= 0.3 is 0 Å². The molecule has 3 aromatic heterocycles. The van der Waals surface area contributed by atoms with Gasteiger partial charge in [0.25, 0.3) is 0 Å². The number of hydrogen-bond acceptors (Lipinski definition) is 6. The van der Waals surface area contributed by atoms with Crippen molar-refractivity contribution < 1.29 is 5.79 Å². The van der Waals surface area contributed by atoms with Crippen molar-refractivity contribution in [3.63, 3.8) is 0 Å². The predicted octanol–water partition coefficient (Wildman–Crippen LogP) is 3.97. The summed E-state index contributed by atoms with van der Waals surface area (Å²) in [6.45, 7) is 0. The van der Waals surface area contributed by atoms with E-state index in [1.54, 1.807) is 6.20 Å². The Labute approximate surface area is 156 Å². The first-order valence-electron chi connectivity index (χ1n) is 9.21. The molecule has 3 heterocycles. The van der Waals surface area contributed by atoms with Gasteiger partial charge in [-0.15, -0.1) is 0 Å². The molecule has 0 saturated heterocycles. The van der Waals surface area contributed by atoms with Crippen LogP contribution in [-0.4, -0.2) is 20.2 Å². The molecular formula is C20H16N6O. The van der Waals surface area contributed by atoms with Crippen LogP contribution in [0, 0.1) is 11.3 Å². The van der Waals surface area contributed by atoms with E-state index in [1.165, 1.54) is 12.6 Å². The number of fused-ring (bicyclic) bond motifs is 2. The van der Waals surface area contributed by atoms with Crippen molar-refractivity contribution in [1.82, 2.24) is 20.2 Å². The summed E-state index contributed by atoms with van der Waals surface area (Å²) in [6.07, 6.45) is 6.86. The van der Waals surface area contributed by atoms with Gasteiger partial charge in [-0.1, -0.05) is 0 Å². The molecule has 1 atom stereocenters. The fourth-order valence-corrected chi connectivity index (χ4v) is 3.52. The van der Waals surface area contributed by atoms with Crippen molar-refractivity contribution in [2.75, 3.05) is 5.32 Å². The van der Waals surface area contributed by atoms with Gasteiger partial charge in [-0.3, -0.25) is 10.1 Å². The molecule has 27 heavy (non-hydrogen) atoms. The molecule has 4 aromatic rings. The van der Waals surface area contributed by atoms with Crippen molar-refractivity contribution in [2.24, 2.45) is 0 Å². The van der Waals surface area contributed by atoms with Crippen molar-refractivity contribution >= 4 is 16.6 Å². The second-order valence-electron chi connectivity index (χ2n) is 6.50. The van der Waals surface area contributed by atoms with E-state index in [2.05, 4.69) is 31.6 Å². The van der Waals surface area contributed by atoms with E-state index in [9.17, 15) is 0 Å². The lowest BCUT2D eigenvalue weighted by Crippen LogP contribution is -2.19. The fourth-order valence-electron chi connectivity index (χ4n) is 3.52. The van der Waals surface area contributed by atoms with Gasteiger partial charge < -0.3 is 9.73 Å². The number of aryl methyl sites for hydroxylation is 1. The second kappa shape index (κ2) is 6.25. The van der Waals surface area contributed by atoms with Crippen LogP contribution in [0.25, 0.3) is 22.4 Å². The molecule has 0 spiro atoms. The smallest absolute Gasteiger partial charge is 0.181 e. The van der Waals surface area contributed by atoms with Crippen LogP contribution in [0.4, 0.5) is 5.69 Å². The van der Waals surface area contributed by atoms with E-state index in [0.717, 1.165) is 35.0 Å². The standard InChI is InChI=1S/C20H16N6O/c21-8-12-6-13-2-1-3-17(19(13)23-9-12)24-14-4-5-16-15(7-14)20(26-25-16)18-10-22-11-27-18/h4-7,9-11,17,24H,1-3H2,(H,25,26)/t17-/m0/s1/i17D. The third-order valence-electron chi connectivity index (χ3n) is 4.78. The van der Waals surface area contributed by atoms with Crippen LogP contribution < -0.4 is 5.32 Å². The normalized spacial score (nSPS) is 19.3. The molecule has 1 aliphatic carbocycles. The summed E-state index contributed by atoms with van der Waals surface area (Å²) in [4.78, 5) is 8.39. The zero-order chi connectivity index (χ0) is 19.1. The van der Waals surface area contributed by atoms with Crippen LogP contribution in [0.5, 0.6) is 0 Å². The Kier molecular flexibility index (Phi) is 3.36. The lowest BCUT2D eigenvalue weighted by molar-refractivity contribution is 0.570. The van der Waals surface area contributed by atoms with Crippen molar-refractivity contribution in [3.05, 3.63) is 59.9 Å². The summed E-state index contributed by atoms with van der Waals surface area (Å²) in [5, 5.41) is 20.6. The van der Waals surface area contributed by atoms with Crippen molar-refractivity contribution in [1.29, 1.82) is 5.26 Å². The SMILES string of the molecule is [2H][C@]1(Nc2ccc3[nH]nc(-c4cnco4)c3c2)CCCc2cc(C#N)cnc21. The minimum atomic E-state index is -1.05. The monoisotopic (exact) mass is 357 g/mol. The summed E-state index contributed by atoms with van der Waals surface area (Å²) < 4.78 is 14.4. The number of oxazole rings is 1. The van der Waals surface area contributed by atoms with Crippen LogP contribution >= 0.6 is 0 Å². The summed E-state index contributed by atoms with van der Waals surface area (Å²) >= 11 is 0. The van der Waals surface area contributed by atoms with Gasteiger partial charge in [0.05, 0.1) is 30.4 Å². The highest BCUT2D eigenvalue weighted by Crippen LogP contribution is 2.33. The zero-order valence-electron chi connectivity index (χ0n) is 15.4. The molecule has 0 fully saturated rings. The molecule has 7 nitrogen and oxygen atoms in total. The van der Waals surface area contributed by atoms with E-state index in [1.807, 2.05) is 24.3 Å². The van der Waals surface area contributed by atoms with E-state index in [4.69, 9.17) is 11.0 Å². The first kappa shape index (κ1) is 14.5. The van der Waals surface area contributed by atoms with Gasteiger partial charge in [0.15, 0.2) is 12.2 Å². The Bertz CT molecular complexity index is 1210. The maximum atomic E-state index is 9.12. The number of pyridine rings is 1. The zero-order valence-corrected chi connectivity index (χ0v) is 14.4. The quantitative estimate of drug-likeness (QED) is 0.575. The first-order valence-corrected chi connectivity index (χ1v) is 8.71. The lowest BCUT2D eigenvalue weighted by atomic mass is 9.91. The van der Waals surface area contributed by atoms with E-state index < -0.39 is 6.02 Å². The fraction of sp³-hybridized carbons (Fsp3) is 0.200. The molecule has 0 saturated carbocycles. The molecule has 0 radical (unpaired) electrons. The summed E-state index contributed by atoms with van der Waals surface area (Å²) in [5.41, 5.74) is 4.51. The molecule has 2 N–H and O–H groups in total. The number of nitrogens with zero attached hydrogens (tertiary/aromatic N) is 4. The Morgan fingerprint density at radius 1 is 1.33 bits per heavy atom. The van der Waals surface area contributed by atoms with Crippen LogP contribution in [0.2, 0.25) is 0 Å². The van der Waals surface area contributed by atoms with Crippen LogP contribution in [0.1, 0.15) is 37.1 Å². The Hall–Kier alpha value is -3.66. The molecule has 0 bridgehead atoms. The molecule has 0 aliphatic heterocycles. The highest BCUT2D eigenvalue weighted by Gasteiger charge is 2.22. The molecular weight excluding hydrogens is 340 g/mol. The second-order valence-corrected chi connectivity index (χ2v) is 6.50. The van der Waals surface area contributed by atoms with Gasteiger partial charge in [0, 0.05) is 17.3 Å². The maximum Gasteiger partial charge on any atom is 0.181 e. The minimum absolute atomic E-state index is 0.527. The molecule has 132 valence electrons. The number of nitrogens with one attached hydrogen (secondary N) is 2. The van der Waals surface area contributed by atoms with Gasteiger partial charge in [0.1, 0.15) is 11.8 Å². The third kappa shape index (κ3) is 2.72. The molecule has 1 aliphatic rings. The molecule has 5 rings (SSSR count). The van der Waals surface area contributed by atoms with Crippen molar-refractivity contribution in [3.8, 4) is 17.5 Å². The van der Waals surface area contributed by atoms with Crippen molar-refractivity contribution in [2.45, 2.75) is 25.3 Å². The van der Waals surface area contributed by atoms with Gasteiger partial charge in [-0.2, -0.15) is 10.4 Å². The summed E-state index contributed by atoms with van der Waals surface area (Å²) in [7, 11) is 0. The number of aromatic nitrogens is 4. The summed E-state index contributed by atoms with van der Waals surface area (Å²) in [5.74, 6) is 0.581. The molecule has 0 unspecified atom stereocenters. The highest BCUT2D eigenvalue weighted by molar-refractivity contribution is 5.93. The molecule has 7 heteroatoms. The number of benzene rings is 1. The molecule has 0 amide bonds. The topological polar surface area (TPSA) is 103 Å². The van der Waals surface area contributed by atoms with Gasteiger partial charge in [-0.05, 0) is 49.1 Å². The Morgan fingerprint density at radius 3 is 3.15 bits per heavy atom. The first-order chi connectivity index (χ1) is 13.7. The number of rotatable bonds is 3. The molecule has 1 aromatic carbocycles. The van der Waals surface area contributed by atoms with Crippen LogP contribution in [-0.2, 0) is 6.42 Å². The number of nitriles is 1. The Morgan fingerprint density at radius 2 is 2.30 bits per heavy atom. The number of hydrogen-bond donors (Lipinski definition) is 2.